The van der Waals surface area contributed by atoms with E-state index in [9.17, 15) is 9.59 Å². The summed E-state index contributed by atoms with van der Waals surface area (Å²) in [6.45, 7) is 7.99. The van der Waals surface area contributed by atoms with Gasteiger partial charge in [0.2, 0.25) is 5.91 Å². The van der Waals surface area contributed by atoms with Gasteiger partial charge in [-0.25, -0.2) is 4.98 Å². The van der Waals surface area contributed by atoms with E-state index in [1.165, 1.54) is 23.1 Å². The van der Waals surface area contributed by atoms with E-state index in [2.05, 4.69) is 16.9 Å². The number of aromatic nitrogens is 2. The molecule has 0 aliphatic carbocycles. The molecule has 0 spiro atoms. The van der Waals surface area contributed by atoms with E-state index in [4.69, 9.17) is 4.74 Å². The van der Waals surface area contributed by atoms with Crippen molar-refractivity contribution >= 4 is 44.9 Å². The zero-order valence-corrected chi connectivity index (χ0v) is 17.6. The van der Waals surface area contributed by atoms with Crippen LogP contribution in [0.15, 0.2) is 46.9 Å². The van der Waals surface area contributed by atoms with Crippen molar-refractivity contribution < 1.29 is 9.53 Å². The van der Waals surface area contributed by atoms with E-state index < -0.39 is 0 Å². The van der Waals surface area contributed by atoms with Crippen LogP contribution in [0.25, 0.3) is 10.2 Å². The number of nitrogens with zero attached hydrogens (tertiary/aromatic N) is 2. The van der Waals surface area contributed by atoms with Crippen LogP contribution >= 0.6 is 23.1 Å². The van der Waals surface area contributed by atoms with E-state index in [-0.39, 0.29) is 17.2 Å². The number of ether oxygens (including phenoxy) is 1. The van der Waals surface area contributed by atoms with Gasteiger partial charge in [0.1, 0.15) is 10.6 Å². The Morgan fingerprint density at radius 1 is 1.43 bits per heavy atom. The number of hydrogen-bond donors (Lipinski definition) is 1. The number of thiophene rings is 1. The Balaban J connectivity index is 1.83. The van der Waals surface area contributed by atoms with E-state index in [0.717, 1.165) is 10.4 Å². The summed E-state index contributed by atoms with van der Waals surface area (Å²) in [5.41, 5.74) is 1.52. The summed E-state index contributed by atoms with van der Waals surface area (Å²) < 4.78 is 6.73. The van der Waals surface area contributed by atoms with Gasteiger partial charge in [-0.05, 0) is 31.5 Å². The minimum Gasteiger partial charge on any atom is -0.497 e. The number of carbonyl (C=O) groups excluding carboxylic acids is 1. The molecule has 0 aliphatic rings. The number of carbonyl (C=O) groups is 1. The molecule has 28 heavy (non-hydrogen) atoms. The zero-order valence-electron chi connectivity index (χ0n) is 15.9. The van der Waals surface area contributed by atoms with Gasteiger partial charge < -0.3 is 10.1 Å². The molecule has 2 heterocycles. The quantitative estimate of drug-likeness (QED) is 0.359. The van der Waals surface area contributed by atoms with Crippen LogP contribution in [0.2, 0.25) is 0 Å². The predicted octanol–water partition coefficient (Wildman–Crippen LogP) is 4.00. The third-order valence-electron chi connectivity index (χ3n) is 4.25. The number of anilines is 1. The highest BCUT2D eigenvalue weighted by Gasteiger charge is 2.17. The molecule has 8 heteroatoms. The average molecular weight is 416 g/mol. The lowest BCUT2D eigenvalue weighted by Crippen LogP contribution is -2.23. The molecule has 3 rings (SSSR count). The molecular weight excluding hydrogens is 394 g/mol. The highest BCUT2D eigenvalue weighted by molar-refractivity contribution is 7.99. The van der Waals surface area contributed by atoms with Crippen LogP contribution in [0, 0.1) is 13.8 Å². The summed E-state index contributed by atoms with van der Waals surface area (Å²) in [7, 11) is 1.57. The Bertz CT molecular complexity index is 1100. The summed E-state index contributed by atoms with van der Waals surface area (Å²) in [6.07, 6.45) is 1.66. The van der Waals surface area contributed by atoms with Crippen LogP contribution in [0.5, 0.6) is 5.75 Å². The summed E-state index contributed by atoms with van der Waals surface area (Å²) in [4.78, 5) is 31.7. The van der Waals surface area contributed by atoms with Crippen LogP contribution in [0.4, 0.5) is 5.69 Å². The smallest absolute Gasteiger partial charge is 0.263 e. The average Bonchev–Trinajstić information content (AvgIpc) is 2.96. The number of nitrogens with one attached hydrogen (secondary N) is 1. The second-order valence-corrected chi connectivity index (χ2v) is 8.28. The van der Waals surface area contributed by atoms with Gasteiger partial charge in [-0.1, -0.05) is 23.9 Å². The minimum absolute atomic E-state index is 0.0950. The number of allylic oxidation sites excluding steroid dienone is 1. The van der Waals surface area contributed by atoms with E-state index in [0.29, 0.717) is 33.4 Å². The highest BCUT2D eigenvalue weighted by atomic mass is 32.2. The first-order valence-corrected chi connectivity index (χ1v) is 10.4. The summed E-state index contributed by atoms with van der Waals surface area (Å²) in [5.74, 6) is 0.618. The second-order valence-electron chi connectivity index (χ2n) is 6.13. The van der Waals surface area contributed by atoms with Gasteiger partial charge in [0.25, 0.3) is 5.56 Å². The Morgan fingerprint density at radius 2 is 2.21 bits per heavy atom. The van der Waals surface area contributed by atoms with Gasteiger partial charge in [-0.15, -0.1) is 17.9 Å². The summed E-state index contributed by atoms with van der Waals surface area (Å²) >= 11 is 2.73. The Hall–Kier alpha value is -2.58. The fraction of sp³-hybridized carbons (Fsp3) is 0.250. The summed E-state index contributed by atoms with van der Waals surface area (Å²) in [6, 6.07) is 7.15. The first kappa shape index (κ1) is 20.2. The SMILES string of the molecule is C=CCn1c(SCC(=O)Nc2cccc(OC)c2)nc2sc(C)c(C)c2c1=O. The molecular formula is C20H21N3O3S2. The molecule has 146 valence electrons. The summed E-state index contributed by atoms with van der Waals surface area (Å²) in [5, 5.41) is 3.99. The van der Waals surface area contributed by atoms with Crippen molar-refractivity contribution in [3.63, 3.8) is 0 Å². The van der Waals surface area contributed by atoms with E-state index in [1.807, 2.05) is 19.9 Å². The fourth-order valence-corrected chi connectivity index (χ4v) is 4.62. The molecule has 3 aromatic rings. The van der Waals surface area contributed by atoms with E-state index >= 15 is 0 Å². The third-order valence-corrected chi connectivity index (χ3v) is 6.33. The second kappa shape index (κ2) is 8.62. The number of methoxy groups -OCH3 is 1. The molecule has 0 aliphatic heterocycles. The molecule has 0 atom stereocenters. The van der Waals surface area contributed by atoms with Crippen LogP contribution in [-0.4, -0.2) is 28.3 Å². The number of fused-ring (bicyclic) bond motifs is 1. The number of thioether (sulfide) groups is 1. The van der Waals surface area contributed by atoms with Crippen LogP contribution in [0.1, 0.15) is 10.4 Å². The molecule has 1 amide bonds. The van der Waals surface area contributed by atoms with E-state index in [1.54, 1.807) is 36.0 Å². The molecule has 0 saturated carbocycles. The molecule has 1 N–H and O–H groups in total. The Morgan fingerprint density at radius 3 is 2.93 bits per heavy atom. The monoisotopic (exact) mass is 415 g/mol. The maximum Gasteiger partial charge on any atom is 0.263 e. The van der Waals surface area contributed by atoms with Crippen LogP contribution < -0.4 is 15.6 Å². The highest BCUT2D eigenvalue weighted by Crippen LogP contribution is 2.28. The lowest BCUT2D eigenvalue weighted by Gasteiger charge is -2.11. The topological polar surface area (TPSA) is 73.2 Å². The standard InChI is InChI=1S/C20H21N3O3S2/c1-5-9-23-19(25)17-12(2)13(3)28-18(17)22-20(23)27-11-16(24)21-14-7-6-8-15(10-14)26-4/h5-8,10H,1,9,11H2,2-4H3,(H,21,24). The lowest BCUT2D eigenvalue weighted by molar-refractivity contribution is -0.113. The fourth-order valence-electron chi connectivity index (χ4n) is 2.74. The number of hydrogen-bond acceptors (Lipinski definition) is 6. The number of rotatable bonds is 7. The van der Waals surface area contributed by atoms with Gasteiger partial charge in [0.15, 0.2) is 5.16 Å². The zero-order chi connectivity index (χ0) is 20.3. The molecule has 2 aromatic heterocycles. The van der Waals surface area contributed by atoms with Gasteiger partial charge in [-0.2, -0.15) is 0 Å². The molecule has 6 nitrogen and oxygen atoms in total. The van der Waals surface area contributed by atoms with Crippen molar-refractivity contribution in [2.45, 2.75) is 25.5 Å². The van der Waals surface area contributed by atoms with Gasteiger partial charge in [-0.3, -0.25) is 14.2 Å². The maximum atomic E-state index is 12.9. The normalized spacial score (nSPS) is 10.8. The maximum absolute atomic E-state index is 12.9. The van der Waals surface area contributed by atoms with Crippen molar-refractivity contribution in [1.29, 1.82) is 0 Å². The van der Waals surface area contributed by atoms with Crippen LogP contribution in [-0.2, 0) is 11.3 Å². The first-order valence-electron chi connectivity index (χ1n) is 8.62. The Kier molecular flexibility index (Phi) is 6.21. The minimum atomic E-state index is -0.184. The molecule has 0 unspecified atom stereocenters. The first-order chi connectivity index (χ1) is 13.4. The molecule has 1 aromatic carbocycles. The number of benzene rings is 1. The van der Waals surface area contributed by atoms with Crippen molar-refractivity contribution in [3.05, 3.63) is 57.7 Å². The van der Waals surface area contributed by atoms with Gasteiger partial charge in [0, 0.05) is 23.2 Å². The molecule has 0 fully saturated rings. The van der Waals surface area contributed by atoms with Crippen molar-refractivity contribution in [1.82, 2.24) is 9.55 Å². The van der Waals surface area contributed by atoms with Crippen molar-refractivity contribution in [2.24, 2.45) is 0 Å². The van der Waals surface area contributed by atoms with Gasteiger partial charge in [0.05, 0.1) is 18.2 Å². The van der Waals surface area contributed by atoms with Crippen LogP contribution in [0.3, 0.4) is 0 Å². The number of aryl methyl sites for hydroxylation is 2. The molecule has 0 saturated heterocycles. The molecule has 0 bridgehead atoms. The Labute approximate surface area is 171 Å². The predicted molar refractivity (Wildman–Crippen MR) is 116 cm³/mol. The lowest BCUT2D eigenvalue weighted by atomic mass is 10.2. The largest absolute Gasteiger partial charge is 0.497 e. The molecule has 0 radical (unpaired) electrons. The number of amides is 1. The van der Waals surface area contributed by atoms with Gasteiger partial charge >= 0.3 is 0 Å². The van der Waals surface area contributed by atoms with Crippen molar-refractivity contribution in [2.75, 3.05) is 18.2 Å². The van der Waals surface area contributed by atoms with Crippen molar-refractivity contribution in [3.8, 4) is 5.75 Å². The third kappa shape index (κ3) is 4.13.